The van der Waals surface area contributed by atoms with Crippen molar-refractivity contribution in [3.05, 3.63) is 0 Å². The van der Waals surface area contributed by atoms with E-state index in [0.29, 0.717) is 0 Å². The molecule has 0 heterocycles. The summed E-state index contributed by atoms with van der Waals surface area (Å²) in [6.07, 6.45) is 3.16. The number of carboxylic acid groups (broad SMARTS) is 1. The van der Waals surface area contributed by atoms with Crippen LogP contribution >= 0.6 is 0 Å². The molecule has 1 aliphatic rings. The number of carbonyl (C=O) groups is 2. The molecule has 0 radical (unpaired) electrons. The van der Waals surface area contributed by atoms with E-state index < -0.39 is 11.5 Å². The van der Waals surface area contributed by atoms with Crippen molar-refractivity contribution in [3.8, 4) is 0 Å². The van der Waals surface area contributed by atoms with E-state index in [1.807, 2.05) is 20.8 Å². The minimum atomic E-state index is -0.990. The summed E-state index contributed by atoms with van der Waals surface area (Å²) in [5, 5.41) is 11.9. The minimum absolute atomic E-state index is 0.0858. The highest BCUT2D eigenvalue weighted by Gasteiger charge is 2.37. The van der Waals surface area contributed by atoms with Crippen LogP contribution in [0.4, 0.5) is 4.79 Å². The molecule has 0 spiro atoms. The summed E-state index contributed by atoms with van der Waals surface area (Å²) in [5.74, 6) is -0.990. The summed E-state index contributed by atoms with van der Waals surface area (Å²) < 4.78 is 0. The summed E-state index contributed by atoms with van der Waals surface area (Å²) in [5.41, 5.74) is -0.423. The number of amides is 2. The molecule has 1 unspecified atom stereocenters. The average molecular weight is 270 g/mol. The molecule has 0 aromatic carbocycles. The first-order chi connectivity index (χ1) is 8.54. The van der Waals surface area contributed by atoms with Crippen molar-refractivity contribution in [2.24, 2.45) is 5.41 Å². The molecule has 1 atom stereocenters. The molecule has 19 heavy (non-hydrogen) atoms. The van der Waals surface area contributed by atoms with E-state index in [1.165, 1.54) is 4.90 Å². The predicted octanol–water partition coefficient (Wildman–Crippen LogP) is 2.46. The number of aliphatic carboxylic acids is 1. The van der Waals surface area contributed by atoms with Gasteiger partial charge in [0.25, 0.3) is 0 Å². The standard InChI is InChI=1S/C14H26N2O3/c1-13(2,3)16(9-11(17)18)12(19)15-10-7-6-8-14(10,4)5/h10H,6-9H2,1-5H3,(H,15,19)(H,17,18). The van der Waals surface area contributed by atoms with Crippen molar-refractivity contribution in [2.75, 3.05) is 6.54 Å². The monoisotopic (exact) mass is 270 g/mol. The van der Waals surface area contributed by atoms with E-state index in [0.717, 1.165) is 19.3 Å². The topological polar surface area (TPSA) is 69.6 Å². The average Bonchev–Trinajstić information content (AvgIpc) is 2.53. The van der Waals surface area contributed by atoms with E-state index in [1.54, 1.807) is 0 Å². The first kappa shape index (κ1) is 15.8. The van der Waals surface area contributed by atoms with Gasteiger partial charge in [-0.15, -0.1) is 0 Å². The van der Waals surface area contributed by atoms with Crippen molar-refractivity contribution in [1.29, 1.82) is 0 Å². The fourth-order valence-corrected chi connectivity index (χ4v) is 2.57. The molecule has 1 rings (SSSR count). The highest BCUT2D eigenvalue weighted by molar-refractivity contribution is 5.81. The Labute approximate surface area is 115 Å². The Bertz CT molecular complexity index is 358. The van der Waals surface area contributed by atoms with Gasteiger partial charge in [0.05, 0.1) is 0 Å². The molecule has 0 aliphatic heterocycles. The number of hydrogen-bond donors (Lipinski definition) is 2. The van der Waals surface area contributed by atoms with Crippen LogP contribution in [0.1, 0.15) is 53.9 Å². The van der Waals surface area contributed by atoms with Gasteiger partial charge in [0.15, 0.2) is 0 Å². The number of nitrogens with zero attached hydrogens (tertiary/aromatic N) is 1. The van der Waals surface area contributed by atoms with Gasteiger partial charge in [-0.05, 0) is 39.0 Å². The van der Waals surface area contributed by atoms with Crippen LogP contribution in [0.25, 0.3) is 0 Å². The van der Waals surface area contributed by atoms with Gasteiger partial charge < -0.3 is 15.3 Å². The van der Waals surface area contributed by atoms with E-state index in [-0.39, 0.29) is 24.0 Å². The van der Waals surface area contributed by atoms with Gasteiger partial charge in [-0.3, -0.25) is 4.79 Å². The van der Waals surface area contributed by atoms with Crippen LogP contribution in [-0.2, 0) is 4.79 Å². The number of nitrogens with one attached hydrogen (secondary N) is 1. The van der Waals surface area contributed by atoms with E-state index in [2.05, 4.69) is 19.2 Å². The van der Waals surface area contributed by atoms with Gasteiger partial charge in [0.1, 0.15) is 6.54 Å². The van der Waals surface area contributed by atoms with Crippen LogP contribution in [0.5, 0.6) is 0 Å². The maximum Gasteiger partial charge on any atom is 0.323 e. The van der Waals surface area contributed by atoms with Gasteiger partial charge in [0.2, 0.25) is 0 Å². The van der Waals surface area contributed by atoms with Gasteiger partial charge in [0, 0.05) is 11.6 Å². The molecule has 1 saturated carbocycles. The van der Waals surface area contributed by atoms with Crippen LogP contribution in [0.15, 0.2) is 0 Å². The van der Waals surface area contributed by atoms with Crippen LogP contribution in [0.3, 0.4) is 0 Å². The van der Waals surface area contributed by atoms with Gasteiger partial charge in [-0.25, -0.2) is 4.79 Å². The molecule has 0 aromatic rings. The normalized spacial score (nSPS) is 22.1. The van der Waals surface area contributed by atoms with Crippen molar-refractivity contribution < 1.29 is 14.7 Å². The molecule has 1 aliphatic carbocycles. The van der Waals surface area contributed by atoms with Crippen LogP contribution in [-0.4, -0.2) is 40.1 Å². The molecule has 5 heteroatoms. The molecule has 0 bridgehead atoms. The van der Waals surface area contributed by atoms with Crippen molar-refractivity contribution in [1.82, 2.24) is 10.2 Å². The number of hydrogen-bond acceptors (Lipinski definition) is 2. The predicted molar refractivity (Wildman–Crippen MR) is 74.0 cm³/mol. The SMILES string of the molecule is CC1(C)CCCC1NC(=O)N(CC(=O)O)C(C)(C)C. The largest absolute Gasteiger partial charge is 0.480 e. The summed E-state index contributed by atoms with van der Waals surface area (Å²) in [6, 6.07) is -0.159. The lowest BCUT2D eigenvalue weighted by atomic mass is 9.87. The highest BCUT2D eigenvalue weighted by Crippen LogP contribution is 2.37. The first-order valence-corrected chi connectivity index (χ1v) is 6.84. The highest BCUT2D eigenvalue weighted by atomic mass is 16.4. The second-order valence-electron chi connectivity index (χ2n) is 7.03. The second-order valence-corrected chi connectivity index (χ2v) is 7.03. The minimum Gasteiger partial charge on any atom is -0.480 e. The molecule has 2 N–H and O–H groups in total. The Morgan fingerprint density at radius 1 is 1.37 bits per heavy atom. The third kappa shape index (κ3) is 4.11. The fourth-order valence-electron chi connectivity index (χ4n) is 2.57. The van der Waals surface area contributed by atoms with Crippen molar-refractivity contribution in [3.63, 3.8) is 0 Å². The molecule has 1 fully saturated rings. The summed E-state index contributed by atoms with van der Waals surface area (Å²) in [7, 11) is 0. The number of urea groups is 1. The number of carboxylic acids is 1. The summed E-state index contributed by atoms with van der Waals surface area (Å²) >= 11 is 0. The lowest BCUT2D eigenvalue weighted by Gasteiger charge is -2.37. The quantitative estimate of drug-likeness (QED) is 0.827. The van der Waals surface area contributed by atoms with E-state index in [9.17, 15) is 9.59 Å². The molecule has 5 nitrogen and oxygen atoms in total. The molecule has 0 saturated heterocycles. The van der Waals surface area contributed by atoms with Crippen LogP contribution in [0.2, 0.25) is 0 Å². The second kappa shape index (κ2) is 5.39. The molecule has 2 amide bonds. The molecule has 110 valence electrons. The van der Waals surface area contributed by atoms with Gasteiger partial charge >= 0.3 is 12.0 Å². The van der Waals surface area contributed by atoms with Crippen LogP contribution in [0, 0.1) is 5.41 Å². The van der Waals surface area contributed by atoms with E-state index in [4.69, 9.17) is 5.11 Å². The zero-order chi connectivity index (χ0) is 14.8. The Balaban J connectivity index is 2.75. The maximum absolute atomic E-state index is 12.3. The smallest absolute Gasteiger partial charge is 0.323 e. The zero-order valence-corrected chi connectivity index (χ0v) is 12.6. The summed E-state index contributed by atoms with van der Waals surface area (Å²) in [4.78, 5) is 24.6. The molecular weight excluding hydrogens is 244 g/mol. The lowest BCUT2D eigenvalue weighted by molar-refractivity contribution is -0.138. The number of rotatable bonds is 3. The molecule has 0 aromatic heterocycles. The third-order valence-electron chi connectivity index (χ3n) is 3.90. The Morgan fingerprint density at radius 2 is 1.95 bits per heavy atom. The molecular formula is C14H26N2O3. The zero-order valence-electron chi connectivity index (χ0n) is 12.6. The number of carbonyl (C=O) groups excluding carboxylic acids is 1. The Morgan fingerprint density at radius 3 is 2.32 bits per heavy atom. The summed E-state index contributed by atoms with van der Waals surface area (Å²) in [6.45, 7) is 9.54. The third-order valence-corrected chi connectivity index (χ3v) is 3.90. The van der Waals surface area contributed by atoms with Crippen molar-refractivity contribution >= 4 is 12.0 Å². The van der Waals surface area contributed by atoms with Gasteiger partial charge in [-0.2, -0.15) is 0 Å². The Kier molecular flexibility index (Phi) is 4.48. The van der Waals surface area contributed by atoms with E-state index >= 15 is 0 Å². The Hall–Kier alpha value is -1.26. The fraction of sp³-hybridized carbons (Fsp3) is 0.857. The maximum atomic E-state index is 12.3. The first-order valence-electron chi connectivity index (χ1n) is 6.84. The van der Waals surface area contributed by atoms with Gasteiger partial charge in [-0.1, -0.05) is 20.3 Å². The van der Waals surface area contributed by atoms with Crippen molar-refractivity contribution in [2.45, 2.75) is 65.5 Å². The lowest BCUT2D eigenvalue weighted by Crippen LogP contribution is -2.55. The van der Waals surface area contributed by atoms with Crippen LogP contribution < -0.4 is 5.32 Å².